The number of hydrogen-bond donors (Lipinski definition) is 0. The van der Waals surface area contributed by atoms with Gasteiger partial charge < -0.3 is 9.64 Å². The lowest BCUT2D eigenvalue weighted by atomic mass is 10.1. The molecule has 0 fully saturated rings. The van der Waals surface area contributed by atoms with Crippen molar-refractivity contribution in [3.8, 4) is 5.75 Å². The van der Waals surface area contributed by atoms with Crippen molar-refractivity contribution in [3.63, 3.8) is 0 Å². The van der Waals surface area contributed by atoms with Crippen LogP contribution in [0.4, 0.5) is 0 Å². The molecule has 5 heteroatoms. The number of carbonyl (C=O) groups excluding carboxylic acids is 1. The Morgan fingerprint density at radius 2 is 1.93 bits per heavy atom. The highest BCUT2D eigenvalue weighted by atomic mass is 32.1. The molecule has 0 N–H and O–H groups in total. The van der Waals surface area contributed by atoms with Crippen molar-refractivity contribution < 1.29 is 9.53 Å². The average Bonchev–Trinajstić information content (AvgIpc) is 3.15. The first-order chi connectivity index (χ1) is 14.0. The molecule has 0 aliphatic carbocycles. The quantitative estimate of drug-likeness (QED) is 0.480. The van der Waals surface area contributed by atoms with E-state index in [2.05, 4.69) is 26.8 Å². The van der Waals surface area contributed by atoms with Gasteiger partial charge in [-0.05, 0) is 56.5 Å². The van der Waals surface area contributed by atoms with Crippen LogP contribution in [-0.4, -0.2) is 22.3 Å². The van der Waals surface area contributed by atoms with Gasteiger partial charge in [0.25, 0.3) is 5.91 Å². The molecule has 3 rings (SSSR count). The van der Waals surface area contributed by atoms with Gasteiger partial charge in [0, 0.05) is 17.5 Å². The molecule has 3 aromatic rings. The molecule has 0 saturated carbocycles. The second kappa shape index (κ2) is 9.70. The number of rotatable bonds is 8. The van der Waals surface area contributed by atoms with Crippen LogP contribution >= 0.6 is 11.3 Å². The summed E-state index contributed by atoms with van der Waals surface area (Å²) in [5.41, 5.74) is 5.09. The van der Waals surface area contributed by atoms with E-state index in [1.807, 2.05) is 53.6 Å². The van der Waals surface area contributed by atoms with Crippen LogP contribution in [0.1, 0.15) is 51.1 Å². The van der Waals surface area contributed by atoms with E-state index in [0.29, 0.717) is 19.7 Å². The monoisotopic (exact) mass is 408 g/mol. The van der Waals surface area contributed by atoms with Gasteiger partial charge in [0.05, 0.1) is 12.2 Å². The van der Waals surface area contributed by atoms with E-state index < -0.39 is 0 Å². The Hall–Kier alpha value is -2.66. The number of hydrogen-bond acceptors (Lipinski definition) is 4. The molecule has 0 aliphatic heterocycles. The molecule has 0 radical (unpaired) electrons. The maximum Gasteiger partial charge on any atom is 0.254 e. The third-order valence-electron chi connectivity index (χ3n) is 4.90. The summed E-state index contributed by atoms with van der Waals surface area (Å²) >= 11 is 1.57. The molecule has 2 aromatic carbocycles. The first kappa shape index (κ1) is 21.1. The van der Waals surface area contributed by atoms with Gasteiger partial charge in [-0.2, -0.15) is 0 Å². The smallest absolute Gasteiger partial charge is 0.254 e. The third-order valence-corrected chi connectivity index (χ3v) is 5.78. The molecule has 0 saturated heterocycles. The zero-order chi connectivity index (χ0) is 20.8. The number of ether oxygens (including phenoxy) is 1. The molecule has 1 amide bonds. The molecule has 152 valence electrons. The number of amides is 1. The van der Waals surface area contributed by atoms with Crippen LogP contribution in [-0.2, 0) is 13.2 Å². The van der Waals surface area contributed by atoms with Crippen molar-refractivity contribution in [2.24, 2.45) is 0 Å². The Kier molecular flexibility index (Phi) is 7.04. The summed E-state index contributed by atoms with van der Waals surface area (Å²) in [6.07, 6.45) is 0.907. The fourth-order valence-electron chi connectivity index (χ4n) is 3.19. The largest absolute Gasteiger partial charge is 0.486 e. The number of thiazole rings is 1. The number of benzene rings is 2. The van der Waals surface area contributed by atoms with E-state index in [-0.39, 0.29) is 5.91 Å². The summed E-state index contributed by atoms with van der Waals surface area (Å²) in [7, 11) is 0. The molecule has 29 heavy (non-hydrogen) atoms. The first-order valence-corrected chi connectivity index (χ1v) is 10.8. The summed E-state index contributed by atoms with van der Waals surface area (Å²) in [5.74, 6) is 0.945. The predicted molar refractivity (Wildman–Crippen MR) is 119 cm³/mol. The highest BCUT2D eigenvalue weighted by Crippen LogP contribution is 2.23. The molecular formula is C24H28N2O2S. The Labute approximate surface area is 177 Å². The fraction of sp³-hybridized carbons (Fsp3) is 0.333. The fourth-order valence-corrected chi connectivity index (χ4v) is 3.88. The first-order valence-electron chi connectivity index (χ1n) is 9.96. The van der Waals surface area contributed by atoms with Crippen LogP contribution < -0.4 is 4.74 Å². The Bertz CT molecular complexity index is 981. The maximum atomic E-state index is 13.0. The summed E-state index contributed by atoms with van der Waals surface area (Å²) in [5, 5.41) is 2.94. The highest BCUT2D eigenvalue weighted by Gasteiger charge is 2.17. The minimum Gasteiger partial charge on any atom is -0.486 e. The Morgan fingerprint density at radius 3 is 2.69 bits per heavy atom. The van der Waals surface area contributed by atoms with Crippen molar-refractivity contribution in [1.29, 1.82) is 0 Å². The highest BCUT2D eigenvalue weighted by molar-refractivity contribution is 7.09. The van der Waals surface area contributed by atoms with Gasteiger partial charge in [-0.15, -0.1) is 11.3 Å². The van der Waals surface area contributed by atoms with Gasteiger partial charge in [0.1, 0.15) is 17.4 Å². The molecular weight excluding hydrogens is 380 g/mol. The lowest BCUT2D eigenvalue weighted by Crippen LogP contribution is -2.31. The summed E-state index contributed by atoms with van der Waals surface area (Å²) in [4.78, 5) is 19.5. The lowest BCUT2D eigenvalue weighted by Gasteiger charge is -2.21. The molecule has 0 atom stereocenters. The second-order valence-electron chi connectivity index (χ2n) is 7.32. The zero-order valence-corrected chi connectivity index (χ0v) is 18.4. The minimum absolute atomic E-state index is 0.0525. The van der Waals surface area contributed by atoms with Crippen molar-refractivity contribution in [2.75, 3.05) is 6.54 Å². The lowest BCUT2D eigenvalue weighted by molar-refractivity contribution is 0.0741. The Balaban J connectivity index is 1.66. The van der Waals surface area contributed by atoms with E-state index in [0.717, 1.165) is 39.6 Å². The van der Waals surface area contributed by atoms with Crippen LogP contribution in [0.15, 0.2) is 47.8 Å². The van der Waals surface area contributed by atoms with Gasteiger partial charge in [-0.3, -0.25) is 4.79 Å². The summed E-state index contributed by atoms with van der Waals surface area (Å²) in [6, 6.07) is 13.8. The predicted octanol–water partition coefficient (Wildman–Crippen LogP) is 5.70. The van der Waals surface area contributed by atoms with Crippen molar-refractivity contribution in [2.45, 2.75) is 47.3 Å². The average molecular weight is 409 g/mol. The molecule has 0 aliphatic rings. The van der Waals surface area contributed by atoms with Gasteiger partial charge in [0.15, 0.2) is 0 Å². The summed E-state index contributed by atoms with van der Waals surface area (Å²) in [6.45, 7) is 9.90. The van der Waals surface area contributed by atoms with Gasteiger partial charge in [-0.1, -0.05) is 36.8 Å². The number of nitrogens with zero attached hydrogens (tertiary/aromatic N) is 2. The van der Waals surface area contributed by atoms with E-state index in [1.54, 1.807) is 11.3 Å². The molecule has 0 unspecified atom stereocenters. The molecule has 1 aromatic heterocycles. The van der Waals surface area contributed by atoms with Crippen molar-refractivity contribution in [1.82, 2.24) is 9.88 Å². The van der Waals surface area contributed by atoms with Gasteiger partial charge in [0.2, 0.25) is 0 Å². The number of carbonyl (C=O) groups is 1. The molecule has 0 bridgehead atoms. The van der Waals surface area contributed by atoms with E-state index in [9.17, 15) is 4.79 Å². The van der Waals surface area contributed by atoms with Crippen LogP contribution in [0.3, 0.4) is 0 Å². The third kappa shape index (κ3) is 5.45. The van der Waals surface area contributed by atoms with Gasteiger partial charge in [-0.25, -0.2) is 4.98 Å². The SMILES string of the molecule is CCCN(Cc1csc(COc2cccc(C)c2C)n1)C(=O)c1cccc(C)c1. The van der Waals surface area contributed by atoms with E-state index in [1.165, 1.54) is 5.56 Å². The van der Waals surface area contributed by atoms with Gasteiger partial charge >= 0.3 is 0 Å². The Morgan fingerprint density at radius 1 is 1.14 bits per heavy atom. The molecule has 1 heterocycles. The standard InChI is InChI=1S/C24H28N2O2S/c1-5-12-26(24(27)20-10-6-8-17(2)13-20)14-21-16-29-23(25-21)15-28-22-11-7-9-18(3)19(22)4/h6-11,13,16H,5,12,14-15H2,1-4H3. The number of aryl methyl sites for hydroxylation is 2. The van der Waals surface area contributed by atoms with Crippen LogP contribution in [0.5, 0.6) is 5.75 Å². The van der Waals surface area contributed by atoms with E-state index in [4.69, 9.17) is 9.72 Å². The van der Waals surface area contributed by atoms with Crippen molar-refractivity contribution in [3.05, 3.63) is 80.8 Å². The zero-order valence-electron chi connectivity index (χ0n) is 17.6. The second-order valence-corrected chi connectivity index (χ2v) is 8.26. The van der Waals surface area contributed by atoms with Crippen LogP contribution in [0.2, 0.25) is 0 Å². The van der Waals surface area contributed by atoms with Crippen molar-refractivity contribution >= 4 is 17.2 Å². The topological polar surface area (TPSA) is 42.4 Å². The van der Waals surface area contributed by atoms with Crippen LogP contribution in [0, 0.1) is 20.8 Å². The normalized spacial score (nSPS) is 10.8. The number of aromatic nitrogens is 1. The molecule has 0 spiro atoms. The van der Waals surface area contributed by atoms with Crippen LogP contribution in [0.25, 0.3) is 0 Å². The minimum atomic E-state index is 0.0525. The molecule has 4 nitrogen and oxygen atoms in total. The maximum absolute atomic E-state index is 13.0. The van der Waals surface area contributed by atoms with E-state index >= 15 is 0 Å². The summed E-state index contributed by atoms with van der Waals surface area (Å²) < 4.78 is 5.97.